The van der Waals surface area contributed by atoms with E-state index in [1.807, 2.05) is 24.3 Å². The van der Waals surface area contributed by atoms with Gasteiger partial charge in [-0.25, -0.2) is 4.79 Å². The van der Waals surface area contributed by atoms with Gasteiger partial charge in [-0.1, -0.05) is 38.1 Å². The summed E-state index contributed by atoms with van der Waals surface area (Å²) in [5.74, 6) is 0.142. The normalized spacial score (nSPS) is 23.8. The Balaban J connectivity index is 2.34. The second-order valence-electron chi connectivity index (χ2n) is 4.81. The van der Waals surface area contributed by atoms with E-state index in [0.717, 1.165) is 5.56 Å². The highest BCUT2D eigenvalue weighted by atomic mass is 16.2. The maximum Gasteiger partial charge on any atom is 0.322 e. The molecule has 2 rings (SSSR count). The molecule has 1 heterocycles. The van der Waals surface area contributed by atoms with Gasteiger partial charge in [0.2, 0.25) is 0 Å². The smallest absolute Gasteiger partial charge is 0.320 e. The number of rotatable bonds is 2. The van der Waals surface area contributed by atoms with Crippen molar-refractivity contribution in [3.63, 3.8) is 0 Å². The van der Waals surface area contributed by atoms with Crippen LogP contribution < -0.4 is 10.6 Å². The van der Waals surface area contributed by atoms with E-state index < -0.39 is 11.6 Å². The van der Waals surface area contributed by atoms with Crippen LogP contribution in [-0.2, 0) is 10.3 Å². The molecule has 0 saturated carbocycles. The van der Waals surface area contributed by atoms with Crippen molar-refractivity contribution < 1.29 is 9.59 Å². The third-order valence-corrected chi connectivity index (χ3v) is 3.20. The predicted molar refractivity (Wildman–Crippen MR) is 64.6 cm³/mol. The van der Waals surface area contributed by atoms with Crippen molar-refractivity contribution in [1.82, 2.24) is 10.6 Å². The Kier molecular flexibility index (Phi) is 2.65. The van der Waals surface area contributed by atoms with Crippen LogP contribution >= 0.6 is 0 Å². The Morgan fingerprint density at radius 2 is 1.71 bits per heavy atom. The lowest BCUT2D eigenvalue weighted by atomic mass is 9.90. The lowest BCUT2D eigenvalue weighted by Gasteiger charge is -2.21. The average Bonchev–Trinajstić information content (AvgIpc) is 2.54. The van der Waals surface area contributed by atoms with E-state index in [2.05, 4.69) is 24.5 Å². The van der Waals surface area contributed by atoms with Crippen LogP contribution in [0.5, 0.6) is 0 Å². The summed E-state index contributed by atoms with van der Waals surface area (Å²) in [5.41, 5.74) is 1.05. The van der Waals surface area contributed by atoms with Crippen LogP contribution in [0.4, 0.5) is 4.79 Å². The maximum atomic E-state index is 11.7. The van der Waals surface area contributed by atoms with Crippen molar-refractivity contribution in [1.29, 1.82) is 0 Å². The molecule has 0 spiro atoms. The van der Waals surface area contributed by atoms with E-state index in [0.29, 0.717) is 5.92 Å². The largest absolute Gasteiger partial charge is 0.322 e. The van der Waals surface area contributed by atoms with Crippen molar-refractivity contribution in [2.75, 3.05) is 0 Å². The zero-order valence-electron chi connectivity index (χ0n) is 10.2. The Labute approximate surface area is 100 Å². The second kappa shape index (κ2) is 3.87. The van der Waals surface area contributed by atoms with Crippen LogP contribution in [-0.4, -0.2) is 11.9 Å². The summed E-state index contributed by atoms with van der Waals surface area (Å²) in [6, 6.07) is 7.32. The van der Waals surface area contributed by atoms with Gasteiger partial charge in [-0.05, 0) is 24.0 Å². The Bertz CT molecular complexity index is 465. The number of urea groups is 1. The lowest BCUT2D eigenvalue weighted by molar-refractivity contribution is -0.123. The monoisotopic (exact) mass is 232 g/mol. The number of carbonyl (C=O) groups is 2. The molecule has 0 aliphatic carbocycles. The van der Waals surface area contributed by atoms with Crippen molar-refractivity contribution in [3.8, 4) is 0 Å². The molecule has 1 aliphatic rings. The predicted octanol–water partition coefficient (Wildman–Crippen LogP) is 1.86. The van der Waals surface area contributed by atoms with E-state index in [1.165, 1.54) is 5.56 Å². The molecule has 0 radical (unpaired) electrons. The van der Waals surface area contributed by atoms with Gasteiger partial charge < -0.3 is 5.32 Å². The highest BCUT2D eigenvalue weighted by Gasteiger charge is 2.43. The molecule has 4 nitrogen and oxygen atoms in total. The molecule has 1 saturated heterocycles. The molecule has 1 fully saturated rings. The number of hydrogen-bond donors (Lipinski definition) is 2. The third-order valence-electron chi connectivity index (χ3n) is 3.20. The fraction of sp³-hybridized carbons (Fsp3) is 0.385. The van der Waals surface area contributed by atoms with Gasteiger partial charge in [0.15, 0.2) is 0 Å². The number of amides is 3. The molecule has 0 aromatic heterocycles. The molecule has 0 bridgehead atoms. The molecule has 1 aliphatic heterocycles. The summed E-state index contributed by atoms with van der Waals surface area (Å²) < 4.78 is 0. The molecular formula is C13H16N2O2. The minimum Gasteiger partial charge on any atom is -0.320 e. The molecule has 1 aromatic carbocycles. The Hall–Kier alpha value is -1.84. The van der Waals surface area contributed by atoms with Gasteiger partial charge >= 0.3 is 6.03 Å². The average molecular weight is 232 g/mol. The first kappa shape index (κ1) is 11.6. The fourth-order valence-corrected chi connectivity index (χ4v) is 1.95. The summed E-state index contributed by atoms with van der Waals surface area (Å²) in [6.07, 6.45) is 0. The molecular weight excluding hydrogens is 216 g/mol. The van der Waals surface area contributed by atoms with Crippen molar-refractivity contribution in [2.45, 2.75) is 32.2 Å². The lowest BCUT2D eigenvalue weighted by Crippen LogP contribution is -2.40. The minimum atomic E-state index is -0.952. The summed E-state index contributed by atoms with van der Waals surface area (Å²) in [5, 5.41) is 4.90. The second-order valence-corrected chi connectivity index (χ2v) is 4.81. The number of nitrogens with one attached hydrogen (secondary N) is 2. The van der Waals surface area contributed by atoms with Crippen molar-refractivity contribution in [2.24, 2.45) is 0 Å². The Morgan fingerprint density at radius 3 is 2.12 bits per heavy atom. The van der Waals surface area contributed by atoms with E-state index in [1.54, 1.807) is 6.92 Å². The molecule has 2 N–H and O–H groups in total. The van der Waals surface area contributed by atoms with Crippen LogP contribution in [0, 0.1) is 0 Å². The minimum absolute atomic E-state index is 0.306. The van der Waals surface area contributed by atoms with Crippen molar-refractivity contribution in [3.05, 3.63) is 35.4 Å². The summed E-state index contributed by atoms with van der Waals surface area (Å²) in [4.78, 5) is 22.9. The van der Waals surface area contributed by atoms with Crippen LogP contribution in [0.25, 0.3) is 0 Å². The first-order chi connectivity index (χ1) is 7.93. The maximum absolute atomic E-state index is 11.7. The molecule has 3 amide bonds. The van der Waals surface area contributed by atoms with E-state index in [-0.39, 0.29) is 5.91 Å². The molecule has 4 heteroatoms. The van der Waals surface area contributed by atoms with Gasteiger partial charge in [-0.2, -0.15) is 0 Å². The zero-order chi connectivity index (χ0) is 12.6. The van der Waals surface area contributed by atoms with Gasteiger partial charge in [0.25, 0.3) is 5.91 Å². The van der Waals surface area contributed by atoms with Crippen LogP contribution in [0.15, 0.2) is 24.3 Å². The SMILES string of the molecule is CC(C)c1ccc([C@]2(C)NC(=O)NC2=O)cc1. The van der Waals surface area contributed by atoms with Crippen LogP contribution in [0.1, 0.15) is 37.8 Å². The quantitative estimate of drug-likeness (QED) is 0.765. The summed E-state index contributed by atoms with van der Waals surface area (Å²) >= 11 is 0. The van der Waals surface area contributed by atoms with Gasteiger partial charge in [-0.3, -0.25) is 10.1 Å². The van der Waals surface area contributed by atoms with E-state index in [4.69, 9.17) is 0 Å². The Morgan fingerprint density at radius 1 is 1.12 bits per heavy atom. The molecule has 90 valence electrons. The number of imide groups is 1. The fourth-order valence-electron chi connectivity index (χ4n) is 1.95. The van der Waals surface area contributed by atoms with E-state index in [9.17, 15) is 9.59 Å². The molecule has 0 unspecified atom stereocenters. The van der Waals surface area contributed by atoms with Gasteiger partial charge in [0.1, 0.15) is 5.54 Å². The van der Waals surface area contributed by atoms with E-state index >= 15 is 0 Å². The highest BCUT2D eigenvalue weighted by Crippen LogP contribution is 2.25. The van der Waals surface area contributed by atoms with Crippen LogP contribution in [0.2, 0.25) is 0 Å². The first-order valence-corrected chi connectivity index (χ1v) is 5.67. The highest BCUT2D eigenvalue weighted by molar-refractivity contribution is 6.07. The third kappa shape index (κ3) is 1.90. The zero-order valence-corrected chi connectivity index (χ0v) is 10.2. The van der Waals surface area contributed by atoms with Crippen molar-refractivity contribution >= 4 is 11.9 Å². The topological polar surface area (TPSA) is 58.2 Å². The van der Waals surface area contributed by atoms with Crippen LogP contribution in [0.3, 0.4) is 0 Å². The number of carbonyl (C=O) groups excluding carboxylic acids is 2. The molecule has 1 aromatic rings. The molecule has 17 heavy (non-hydrogen) atoms. The number of hydrogen-bond acceptors (Lipinski definition) is 2. The number of benzene rings is 1. The first-order valence-electron chi connectivity index (χ1n) is 5.67. The summed E-state index contributed by atoms with van der Waals surface area (Å²) in [7, 11) is 0. The van der Waals surface area contributed by atoms with Gasteiger partial charge in [0.05, 0.1) is 0 Å². The standard InChI is InChI=1S/C13H16N2O2/c1-8(2)9-4-6-10(7-5-9)13(3)11(16)14-12(17)15-13/h4-8H,1-3H3,(H2,14,15,16,17)/t13-/m0/s1. The van der Waals surface area contributed by atoms with Gasteiger partial charge in [-0.15, -0.1) is 0 Å². The molecule has 1 atom stereocenters. The van der Waals surface area contributed by atoms with Gasteiger partial charge in [0, 0.05) is 0 Å². The summed E-state index contributed by atoms with van der Waals surface area (Å²) in [6.45, 7) is 5.93.